The Bertz CT molecular complexity index is 44.8. The van der Waals surface area contributed by atoms with Gasteiger partial charge in [0.1, 0.15) is 0 Å². The number of rotatable bonds is 0. The van der Waals surface area contributed by atoms with E-state index in [1.54, 1.807) is 0 Å². The molecule has 0 aliphatic heterocycles. The number of halogens is 3. The average molecular weight is 242 g/mol. The molecule has 3 nitrogen and oxygen atoms in total. The zero-order valence-electron chi connectivity index (χ0n) is 4.76. The van der Waals surface area contributed by atoms with Crippen LogP contribution in [-0.2, 0) is 0 Å². The molecule has 0 rings (SSSR count). The Morgan fingerprint density at radius 2 is 1.11 bits per heavy atom. The van der Waals surface area contributed by atoms with Crippen LogP contribution in [0.2, 0.25) is 0 Å². The third kappa shape index (κ3) is 148. The molecule has 0 aromatic carbocycles. The molecule has 0 fully saturated rings. The molecule has 0 unspecified atom stereocenters. The van der Waals surface area contributed by atoms with Crippen molar-refractivity contribution in [1.82, 2.24) is 0 Å². The molecular formula is CH8Cl3KN2OS. The van der Waals surface area contributed by atoms with Gasteiger partial charge in [-0.15, -0.1) is 24.8 Å². The summed E-state index contributed by atoms with van der Waals surface area (Å²) in [4.78, 5) is 9.00. The van der Waals surface area contributed by atoms with Gasteiger partial charge in [0, 0.05) is 0 Å². The molecule has 8 heteroatoms. The number of urea groups is 1. The van der Waals surface area contributed by atoms with E-state index in [9.17, 15) is 0 Å². The minimum absolute atomic E-state index is 0. The summed E-state index contributed by atoms with van der Waals surface area (Å²) in [5.74, 6) is 0. The maximum atomic E-state index is 9.00. The summed E-state index contributed by atoms with van der Waals surface area (Å²) in [5, 5.41) is 0. The minimum Gasteiger partial charge on any atom is -1.00 e. The van der Waals surface area contributed by atoms with E-state index in [4.69, 9.17) is 4.79 Å². The van der Waals surface area contributed by atoms with Gasteiger partial charge in [0.05, 0.1) is 0 Å². The second-order valence-corrected chi connectivity index (χ2v) is 0.402. The Morgan fingerprint density at radius 3 is 1.11 bits per heavy atom. The van der Waals surface area contributed by atoms with E-state index in [-0.39, 0.29) is 102 Å². The fourth-order valence-corrected chi connectivity index (χ4v) is 0. The van der Waals surface area contributed by atoms with Crippen LogP contribution >= 0.6 is 38.3 Å². The number of amides is 2. The molecule has 0 atom stereocenters. The molecule has 4 N–H and O–H groups in total. The zero-order valence-corrected chi connectivity index (χ0v) is 11.3. The van der Waals surface area contributed by atoms with Gasteiger partial charge in [0.25, 0.3) is 0 Å². The van der Waals surface area contributed by atoms with E-state index in [2.05, 4.69) is 11.5 Å². The molecule has 0 aliphatic carbocycles. The van der Waals surface area contributed by atoms with Gasteiger partial charge in [0.2, 0.25) is 0 Å². The SMILES string of the molecule is Cl.Cl.NC(N)=O.S.[Cl-].[K+]. The van der Waals surface area contributed by atoms with Crippen LogP contribution in [0, 0.1) is 0 Å². The van der Waals surface area contributed by atoms with E-state index >= 15 is 0 Å². The molecule has 0 saturated heterocycles. The van der Waals surface area contributed by atoms with E-state index in [1.165, 1.54) is 0 Å². The Kier molecular flexibility index (Phi) is 155. The molecule has 0 aromatic heterocycles. The molecule has 56 valence electrons. The van der Waals surface area contributed by atoms with Gasteiger partial charge in [-0.3, -0.25) is 0 Å². The Balaban J connectivity index is -0.00000000450. The first-order valence-corrected chi connectivity index (χ1v) is 0.781. The second-order valence-electron chi connectivity index (χ2n) is 0.402. The van der Waals surface area contributed by atoms with Gasteiger partial charge >= 0.3 is 57.4 Å². The van der Waals surface area contributed by atoms with Crippen LogP contribution in [-0.4, -0.2) is 6.03 Å². The van der Waals surface area contributed by atoms with Crippen molar-refractivity contribution in [1.29, 1.82) is 0 Å². The van der Waals surface area contributed by atoms with Crippen LogP contribution in [0.15, 0.2) is 0 Å². The van der Waals surface area contributed by atoms with Crippen molar-refractivity contribution in [3.63, 3.8) is 0 Å². The van der Waals surface area contributed by atoms with Crippen molar-refractivity contribution in [2.75, 3.05) is 0 Å². The van der Waals surface area contributed by atoms with Crippen molar-refractivity contribution >= 4 is 44.3 Å². The van der Waals surface area contributed by atoms with E-state index < -0.39 is 6.03 Å². The Labute approximate surface area is 122 Å². The number of carbonyl (C=O) groups excluding carboxylic acids is 1. The normalized spacial score (nSPS) is 2.67. The van der Waals surface area contributed by atoms with Gasteiger partial charge in [-0.1, -0.05) is 0 Å². The summed E-state index contributed by atoms with van der Waals surface area (Å²) in [5.41, 5.74) is 8.50. The third-order valence-corrected chi connectivity index (χ3v) is 0. The standard InChI is InChI=1S/CH4N2O.3ClH.K.H2S/c2-1(3)4;;;;;/h(H4,2,3,4);3*1H;;1H2/q;;;;+1;/p-1. The topological polar surface area (TPSA) is 69.1 Å². The summed E-state index contributed by atoms with van der Waals surface area (Å²) < 4.78 is 0. The molecule has 0 spiro atoms. The van der Waals surface area contributed by atoms with Crippen molar-refractivity contribution in [2.45, 2.75) is 0 Å². The fraction of sp³-hybridized carbons (Fsp3) is 0. The molecule has 0 saturated carbocycles. The van der Waals surface area contributed by atoms with Crippen LogP contribution in [0.1, 0.15) is 0 Å². The van der Waals surface area contributed by atoms with Crippen molar-refractivity contribution < 1.29 is 68.6 Å². The summed E-state index contributed by atoms with van der Waals surface area (Å²) in [6, 6.07) is -0.833. The smallest absolute Gasteiger partial charge is 1.00 e. The predicted molar refractivity (Wildman–Crippen MR) is 38.6 cm³/mol. The summed E-state index contributed by atoms with van der Waals surface area (Å²) in [6.07, 6.45) is 0. The maximum absolute atomic E-state index is 9.00. The number of hydrogen-bond donors (Lipinski definition) is 2. The quantitative estimate of drug-likeness (QED) is 0.408. The van der Waals surface area contributed by atoms with Gasteiger partial charge in [0.15, 0.2) is 0 Å². The van der Waals surface area contributed by atoms with Crippen molar-refractivity contribution in [2.24, 2.45) is 11.5 Å². The molecule has 0 aliphatic rings. The van der Waals surface area contributed by atoms with Gasteiger partial charge in [-0.2, -0.15) is 13.5 Å². The van der Waals surface area contributed by atoms with Gasteiger partial charge in [-0.05, 0) is 0 Å². The number of nitrogens with two attached hydrogens (primary N) is 2. The summed E-state index contributed by atoms with van der Waals surface area (Å²) in [7, 11) is 0. The monoisotopic (exact) mass is 240 g/mol. The summed E-state index contributed by atoms with van der Waals surface area (Å²) >= 11 is 0. The summed E-state index contributed by atoms with van der Waals surface area (Å²) in [6.45, 7) is 0. The van der Waals surface area contributed by atoms with Crippen LogP contribution in [0.4, 0.5) is 4.79 Å². The molecule has 0 heterocycles. The number of carbonyl (C=O) groups is 1. The second kappa shape index (κ2) is 32.1. The molecule has 0 aromatic rings. The first kappa shape index (κ1) is 43.4. The van der Waals surface area contributed by atoms with Crippen LogP contribution in [0.5, 0.6) is 0 Å². The average Bonchev–Trinajstić information content (AvgIpc) is 0.811. The van der Waals surface area contributed by atoms with Gasteiger partial charge < -0.3 is 23.9 Å². The van der Waals surface area contributed by atoms with E-state index in [0.29, 0.717) is 0 Å². The molecule has 0 bridgehead atoms. The zero-order chi connectivity index (χ0) is 3.58. The van der Waals surface area contributed by atoms with Gasteiger partial charge in [-0.25, -0.2) is 4.79 Å². The maximum Gasteiger partial charge on any atom is 1.00 e. The van der Waals surface area contributed by atoms with E-state index in [0.717, 1.165) is 0 Å². The first-order chi connectivity index (χ1) is 1.73. The minimum atomic E-state index is -0.833. The number of primary amides is 2. The van der Waals surface area contributed by atoms with Crippen LogP contribution in [0.3, 0.4) is 0 Å². The van der Waals surface area contributed by atoms with Crippen LogP contribution in [0.25, 0.3) is 0 Å². The Morgan fingerprint density at radius 1 is 1.11 bits per heavy atom. The van der Waals surface area contributed by atoms with Crippen molar-refractivity contribution in [3.05, 3.63) is 0 Å². The fourth-order valence-electron chi connectivity index (χ4n) is 0. The molecule has 2 amide bonds. The number of hydrogen-bond acceptors (Lipinski definition) is 1. The van der Waals surface area contributed by atoms with Crippen molar-refractivity contribution in [3.8, 4) is 0 Å². The molecule has 0 radical (unpaired) electrons. The third-order valence-electron chi connectivity index (χ3n) is 0. The molecular weight excluding hydrogens is 234 g/mol. The Hall–Kier alpha value is 2.13. The molecule has 9 heavy (non-hydrogen) atoms. The van der Waals surface area contributed by atoms with Crippen LogP contribution < -0.4 is 75.3 Å². The van der Waals surface area contributed by atoms with E-state index in [1.807, 2.05) is 0 Å². The first-order valence-electron chi connectivity index (χ1n) is 0.781. The predicted octanol–water partition coefficient (Wildman–Crippen LogP) is -6.01. The largest absolute Gasteiger partial charge is 1.00 e.